The van der Waals surface area contributed by atoms with Gasteiger partial charge in [0.2, 0.25) is 10.0 Å². The van der Waals surface area contributed by atoms with Gasteiger partial charge in [-0.2, -0.15) is 11.8 Å². The standard InChI is InChI=1S/C14H21ClN2O2S2/c1-10-11(9-16-2)7-12(15)8-14(10)21(18,19)17-13-3-5-20-6-4-13/h7-8,13,16-17H,3-6,9H2,1-2H3. The minimum atomic E-state index is -3.53. The normalized spacial score (nSPS) is 17.1. The predicted octanol–water partition coefficient (Wildman–Crippen LogP) is 2.54. The molecule has 1 aromatic carbocycles. The van der Waals surface area contributed by atoms with Crippen molar-refractivity contribution in [2.75, 3.05) is 18.6 Å². The van der Waals surface area contributed by atoms with Crippen LogP contribution in [0, 0.1) is 6.92 Å². The molecule has 2 rings (SSSR count). The lowest BCUT2D eigenvalue weighted by atomic mass is 10.1. The molecule has 0 aromatic heterocycles. The fourth-order valence-electron chi connectivity index (χ4n) is 2.46. The Morgan fingerprint density at radius 1 is 1.33 bits per heavy atom. The SMILES string of the molecule is CNCc1cc(Cl)cc(S(=O)(=O)NC2CCSCC2)c1C. The Balaban J connectivity index is 2.30. The number of benzene rings is 1. The van der Waals surface area contributed by atoms with Crippen molar-refractivity contribution in [1.29, 1.82) is 0 Å². The summed E-state index contributed by atoms with van der Waals surface area (Å²) in [5.41, 5.74) is 1.66. The summed E-state index contributed by atoms with van der Waals surface area (Å²) in [6.07, 6.45) is 1.76. The van der Waals surface area contributed by atoms with E-state index in [1.54, 1.807) is 0 Å². The summed E-state index contributed by atoms with van der Waals surface area (Å²) < 4.78 is 28.1. The molecule has 0 atom stereocenters. The van der Waals surface area contributed by atoms with Gasteiger partial charge in [-0.05, 0) is 61.6 Å². The molecule has 0 radical (unpaired) electrons. The van der Waals surface area contributed by atoms with Gasteiger partial charge in [-0.1, -0.05) is 11.6 Å². The third-order valence-electron chi connectivity index (χ3n) is 3.63. The number of nitrogens with one attached hydrogen (secondary N) is 2. The summed E-state index contributed by atoms with van der Waals surface area (Å²) in [5.74, 6) is 2.01. The lowest BCUT2D eigenvalue weighted by Crippen LogP contribution is -2.37. The predicted molar refractivity (Wildman–Crippen MR) is 89.6 cm³/mol. The summed E-state index contributed by atoms with van der Waals surface area (Å²) in [4.78, 5) is 0.290. The molecule has 0 saturated carbocycles. The Hall–Kier alpha value is -0.270. The highest BCUT2D eigenvalue weighted by molar-refractivity contribution is 7.99. The average molecular weight is 349 g/mol. The maximum atomic E-state index is 12.6. The fourth-order valence-corrected chi connectivity index (χ4v) is 5.49. The first-order valence-electron chi connectivity index (χ1n) is 6.97. The van der Waals surface area contributed by atoms with Gasteiger partial charge in [-0.15, -0.1) is 0 Å². The lowest BCUT2D eigenvalue weighted by molar-refractivity contribution is 0.528. The van der Waals surface area contributed by atoms with E-state index in [9.17, 15) is 8.42 Å². The molecular formula is C14H21ClN2O2S2. The lowest BCUT2D eigenvalue weighted by Gasteiger charge is -2.23. The topological polar surface area (TPSA) is 58.2 Å². The molecule has 0 spiro atoms. The molecule has 1 fully saturated rings. The molecule has 21 heavy (non-hydrogen) atoms. The van der Waals surface area contributed by atoms with Crippen LogP contribution in [0.5, 0.6) is 0 Å². The van der Waals surface area contributed by atoms with Crippen molar-refractivity contribution in [3.63, 3.8) is 0 Å². The van der Waals surface area contributed by atoms with Gasteiger partial charge in [0.15, 0.2) is 0 Å². The van der Waals surface area contributed by atoms with Crippen molar-refractivity contribution in [2.45, 2.75) is 37.2 Å². The van der Waals surface area contributed by atoms with Crippen molar-refractivity contribution in [3.8, 4) is 0 Å². The molecular weight excluding hydrogens is 328 g/mol. The van der Waals surface area contributed by atoms with Crippen LogP contribution in [0.1, 0.15) is 24.0 Å². The van der Waals surface area contributed by atoms with E-state index in [1.165, 1.54) is 6.07 Å². The second-order valence-electron chi connectivity index (χ2n) is 5.23. The first kappa shape index (κ1) is 17.1. The fraction of sp³-hybridized carbons (Fsp3) is 0.571. The minimum Gasteiger partial charge on any atom is -0.316 e. The van der Waals surface area contributed by atoms with E-state index in [0.29, 0.717) is 16.5 Å². The van der Waals surface area contributed by atoms with Gasteiger partial charge in [-0.3, -0.25) is 0 Å². The van der Waals surface area contributed by atoms with Gasteiger partial charge in [-0.25, -0.2) is 13.1 Å². The van der Waals surface area contributed by atoms with E-state index in [-0.39, 0.29) is 6.04 Å². The Morgan fingerprint density at radius 3 is 2.62 bits per heavy atom. The van der Waals surface area contributed by atoms with Crippen LogP contribution < -0.4 is 10.0 Å². The van der Waals surface area contributed by atoms with E-state index in [1.807, 2.05) is 31.8 Å². The molecule has 4 nitrogen and oxygen atoms in total. The average Bonchev–Trinajstić information content (AvgIpc) is 2.43. The molecule has 1 aliphatic rings. The third kappa shape index (κ3) is 4.36. The van der Waals surface area contributed by atoms with Gasteiger partial charge in [0.05, 0.1) is 4.90 Å². The van der Waals surface area contributed by atoms with Gasteiger partial charge >= 0.3 is 0 Å². The number of rotatable bonds is 5. The number of thioether (sulfide) groups is 1. The van der Waals surface area contributed by atoms with E-state index < -0.39 is 10.0 Å². The number of halogens is 1. The summed E-state index contributed by atoms with van der Waals surface area (Å²) in [6.45, 7) is 2.42. The van der Waals surface area contributed by atoms with Gasteiger partial charge in [0.1, 0.15) is 0 Å². The highest BCUT2D eigenvalue weighted by Crippen LogP contribution is 2.26. The van der Waals surface area contributed by atoms with Crippen molar-refractivity contribution in [1.82, 2.24) is 10.0 Å². The van der Waals surface area contributed by atoms with Crippen LogP contribution in [0.15, 0.2) is 17.0 Å². The van der Waals surface area contributed by atoms with Crippen LogP contribution in [0.3, 0.4) is 0 Å². The first-order valence-corrected chi connectivity index (χ1v) is 9.99. The molecule has 7 heteroatoms. The second-order valence-corrected chi connectivity index (χ2v) is 8.57. The zero-order valence-corrected chi connectivity index (χ0v) is 14.7. The summed E-state index contributed by atoms with van der Waals surface area (Å²) in [6, 6.07) is 3.38. The Labute approximate surface area is 136 Å². The van der Waals surface area contributed by atoms with Crippen LogP contribution in [-0.4, -0.2) is 33.0 Å². The van der Waals surface area contributed by atoms with Crippen LogP contribution >= 0.6 is 23.4 Å². The van der Waals surface area contributed by atoms with Gasteiger partial charge in [0, 0.05) is 17.6 Å². The number of hydrogen-bond donors (Lipinski definition) is 2. The molecule has 2 N–H and O–H groups in total. The zero-order valence-electron chi connectivity index (χ0n) is 12.3. The van der Waals surface area contributed by atoms with Crippen LogP contribution in [0.4, 0.5) is 0 Å². The summed E-state index contributed by atoms with van der Waals surface area (Å²) in [7, 11) is -1.70. The highest BCUT2D eigenvalue weighted by atomic mass is 35.5. The Morgan fingerprint density at radius 2 is 2.00 bits per heavy atom. The second kappa shape index (κ2) is 7.33. The molecule has 1 aromatic rings. The van der Waals surface area contributed by atoms with Crippen molar-refractivity contribution >= 4 is 33.4 Å². The highest BCUT2D eigenvalue weighted by Gasteiger charge is 2.24. The molecule has 118 valence electrons. The van der Waals surface area contributed by atoms with E-state index in [4.69, 9.17) is 11.6 Å². The molecule has 0 bridgehead atoms. The van der Waals surface area contributed by atoms with E-state index >= 15 is 0 Å². The smallest absolute Gasteiger partial charge is 0.241 e. The summed E-state index contributed by atoms with van der Waals surface area (Å²) >= 11 is 7.95. The van der Waals surface area contributed by atoms with Crippen molar-refractivity contribution in [3.05, 3.63) is 28.3 Å². The minimum absolute atomic E-state index is 0.0300. The van der Waals surface area contributed by atoms with Crippen LogP contribution in [0.2, 0.25) is 5.02 Å². The zero-order chi connectivity index (χ0) is 15.5. The molecule has 0 aliphatic carbocycles. The molecule has 0 unspecified atom stereocenters. The van der Waals surface area contributed by atoms with Crippen molar-refractivity contribution < 1.29 is 8.42 Å². The molecule has 1 heterocycles. The maximum absolute atomic E-state index is 12.6. The molecule has 1 aliphatic heterocycles. The molecule has 0 amide bonds. The Bertz CT molecular complexity index is 599. The largest absolute Gasteiger partial charge is 0.316 e. The monoisotopic (exact) mass is 348 g/mol. The van der Waals surface area contributed by atoms with Crippen LogP contribution in [0.25, 0.3) is 0 Å². The van der Waals surface area contributed by atoms with Gasteiger partial charge < -0.3 is 5.32 Å². The van der Waals surface area contributed by atoms with Crippen molar-refractivity contribution in [2.24, 2.45) is 0 Å². The third-order valence-corrected chi connectivity index (χ3v) is 6.55. The molecule has 1 saturated heterocycles. The van der Waals surface area contributed by atoms with Gasteiger partial charge in [0.25, 0.3) is 0 Å². The first-order chi connectivity index (χ1) is 9.94. The van der Waals surface area contributed by atoms with Crippen LogP contribution in [-0.2, 0) is 16.6 Å². The van der Waals surface area contributed by atoms with E-state index in [0.717, 1.165) is 35.5 Å². The maximum Gasteiger partial charge on any atom is 0.241 e. The Kier molecular flexibility index (Phi) is 5.96. The van der Waals surface area contributed by atoms with E-state index in [2.05, 4.69) is 10.0 Å². The quantitative estimate of drug-likeness (QED) is 0.858. The number of sulfonamides is 1. The number of hydrogen-bond acceptors (Lipinski definition) is 4. The summed E-state index contributed by atoms with van der Waals surface area (Å²) in [5, 5.41) is 3.48.